The van der Waals surface area contributed by atoms with Crippen LogP contribution in [0.1, 0.15) is 45.8 Å². The predicted molar refractivity (Wildman–Crippen MR) is 107 cm³/mol. The molecule has 8 nitrogen and oxygen atoms in total. The second-order valence-electron chi connectivity index (χ2n) is 6.74. The molecule has 30 heavy (non-hydrogen) atoms. The number of aromatic carboxylic acids is 1. The lowest BCUT2D eigenvalue weighted by molar-refractivity contribution is 0.0697. The summed E-state index contributed by atoms with van der Waals surface area (Å²) in [5.74, 6) is -1.75. The van der Waals surface area contributed by atoms with E-state index in [1.807, 2.05) is 6.92 Å². The Kier molecular flexibility index (Phi) is 5.01. The Hall–Kier alpha value is -4.01. The number of aromatic amines is 1. The number of amides is 1. The maximum Gasteiger partial charge on any atom is 0.337 e. The fraction of sp³-hybridized carbons (Fsp3) is 0.143. The van der Waals surface area contributed by atoms with Gasteiger partial charge in [-0.05, 0) is 36.8 Å². The summed E-state index contributed by atoms with van der Waals surface area (Å²) in [5.41, 5.74) is 2.32. The van der Waals surface area contributed by atoms with Crippen LogP contribution in [0.2, 0.25) is 0 Å². The van der Waals surface area contributed by atoms with Crippen LogP contribution < -0.4 is 5.32 Å². The molecule has 4 rings (SSSR count). The standard InChI is InChI=1S/C21H18FN5O3/c1-2-17(18-7-12(8-24-18)21(29)30)26-20(28)16-9-23-11-19-15(16)10-25-27(19)14-5-3-13(22)4-6-14/h3-11,17,24H,2H2,1H3,(H,26,28)(H,29,30). The van der Waals surface area contributed by atoms with Gasteiger partial charge in [-0.25, -0.2) is 13.9 Å². The number of carboxylic acid groups (broad SMARTS) is 1. The van der Waals surface area contributed by atoms with Crippen LogP contribution in [0.15, 0.2) is 55.1 Å². The number of hydrogen-bond donors (Lipinski definition) is 3. The van der Waals surface area contributed by atoms with Crippen LogP contribution in [-0.2, 0) is 0 Å². The van der Waals surface area contributed by atoms with Gasteiger partial charge in [0.15, 0.2) is 0 Å². The zero-order valence-electron chi connectivity index (χ0n) is 16.0. The molecule has 0 radical (unpaired) electrons. The second kappa shape index (κ2) is 7.78. The van der Waals surface area contributed by atoms with Crippen molar-refractivity contribution in [3.05, 3.63) is 77.8 Å². The highest BCUT2D eigenvalue weighted by molar-refractivity contribution is 6.06. The molecule has 3 aromatic heterocycles. The topological polar surface area (TPSA) is 113 Å². The third-order valence-electron chi connectivity index (χ3n) is 4.85. The lowest BCUT2D eigenvalue weighted by Crippen LogP contribution is -2.28. The molecule has 9 heteroatoms. The van der Waals surface area contributed by atoms with E-state index in [1.54, 1.807) is 29.2 Å². The number of benzene rings is 1. The second-order valence-corrected chi connectivity index (χ2v) is 6.74. The lowest BCUT2D eigenvalue weighted by Gasteiger charge is -2.16. The Balaban J connectivity index is 1.64. The number of aromatic nitrogens is 4. The van der Waals surface area contributed by atoms with Crippen LogP contribution >= 0.6 is 0 Å². The van der Waals surface area contributed by atoms with E-state index in [9.17, 15) is 14.0 Å². The average Bonchev–Trinajstić information content (AvgIpc) is 3.40. The van der Waals surface area contributed by atoms with E-state index in [1.165, 1.54) is 30.6 Å². The van der Waals surface area contributed by atoms with Crippen LogP contribution in [0.5, 0.6) is 0 Å². The fourth-order valence-electron chi connectivity index (χ4n) is 3.28. The van der Waals surface area contributed by atoms with Crippen molar-refractivity contribution >= 4 is 22.8 Å². The van der Waals surface area contributed by atoms with Crippen molar-refractivity contribution in [3.63, 3.8) is 0 Å². The highest BCUT2D eigenvalue weighted by Crippen LogP contribution is 2.23. The molecule has 3 N–H and O–H groups in total. The van der Waals surface area contributed by atoms with E-state index in [4.69, 9.17) is 5.11 Å². The summed E-state index contributed by atoms with van der Waals surface area (Å²) < 4.78 is 14.8. The fourth-order valence-corrected chi connectivity index (χ4v) is 3.28. The largest absolute Gasteiger partial charge is 0.478 e. The summed E-state index contributed by atoms with van der Waals surface area (Å²) >= 11 is 0. The van der Waals surface area contributed by atoms with Crippen LogP contribution in [0.25, 0.3) is 16.6 Å². The summed E-state index contributed by atoms with van der Waals surface area (Å²) in [7, 11) is 0. The van der Waals surface area contributed by atoms with E-state index in [0.29, 0.717) is 34.3 Å². The first-order valence-electron chi connectivity index (χ1n) is 9.28. The van der Waals surface area contributed by atoms with Crippen molar-refractivity contribution in [2.45, 2.75) is 19.4 Å². The van der Waals surface area contributed by atoms with Gasteiger partial charge in [-0.3, -0.25) is 9.78 Å². The van der Waals surface area contributed by atoms with E-state index in [2.05, 4.69) is 20.4 Å². The van der Waals surface area contributed by atoms with Gasteiger partial charge in [0.05, 0.1) is 40.8 Å². The third-order valence-corrected chi connectivity index (χ3v) is 4.85. The first-order valence-corrected chi connectivity index (χ1v) is 9.28. The van der Waals surface area contributed by atoms with Crippen LogP contribution in [-0.4, -0.2) is 36.7 Å². The number of H-pyrrole nitrogens is 1. The van der Waals surface area contributed by atoms with E-state index in [-0.39, 0.29) is 17.3 Å². The van der Waals surface area contributed by atoms with Gasteiger partial charge in [0.2, 0.25) is 0 Å². The van der Waals surface area contributed by atoms with Gasteiger partial charge in [-0.1, -0.05) is 6.92 Å². The van der Waals surface area contributed by atoms with Gasteiger partial charge in [-0.2, -0.15) is 5.10 Å². The number of rotatable bonds is 6. The number of fused-ring (bicyclic) bond motifs is 1. The van der Waals surface area contributed by atoms with Gasteiger partial charge in [0, 0.05) is 23.5 Å². The molecule has 4 aromatic rings. The van der Waals surface area contributed by atoms with Crippen LogP contribution in [0, 0.1) is 5.82 Å². The predicted octanol–water partition coefficient (Wildman–Crippen LogP) is 3.47. The molecule has 1 atom stereocenters. The minimum atomic E-state index is -1.04. The van der Waals surface area contributed by atoms with E-state index in [0.717, 1.165) is 0 Å². The molecule has 3 heterocycles. The minimum absolute atomic E-state index is 0.127. The molecule has 0 bridgehead atoms. The number of carboxylic acids is 1. The number of nitrogens with one attached hydrogen (secondary N) is 2. The molecule has 152 valence electrons. The zero-order chi connectivity index (χ0) is 21.3. The Morgan fingerprint density at radius 1 is 1.23 bits per heavy atom. The third kappa shape index (κ3) is 3.52. The minimum Gasteiger partial charge on any atom is -0.478 e. The van der Waals surface area contributed by atoms with Gasteiger partial charge in [-0.15, -0.1) is 0 Å². The first-order chi connectivity index (χ1) is 14.5. The molecule has 0 aliphatic rings. The maximum absolute atomic E-state index is 13.2. The number of halogens is 1. The van der Waals surface area contributed by atoms with Crippen molar-refractivity contribution < 1.29 is 19.1 Å². The van der Waals surface area contributed by atoms with E-state index >= 15 is 0 Å². The Morgan fingerprint density at radius 3 is 2.67 bits per heavy atom. The van der Waals surface area contributed by atoms with Gasteiger partial charge >= 0.3 is 5.97 Å². The number of nitrogens with zero attached hydrogens (tertiary/aromatic N) is 3. The Labute approximate surface area is 170 Å². The quantitative estimate of drug-likeness (QED) is 0.453. The van der Waals surface area contributed by atoms with Gasteiger partial charge in [0.1, 0.15) is 5.82 Å². The molecule has 1 unspecified atom stereocenters. The van der Waals surface area contributed by atoms with E-state index < -0.39 is 12.0 Å². The van der Waals surface area contributed by atoms with Crippen molar-refractivity contribution in [1.29, 1.82) is 0 Å². The average molecular weight is 407 g/mol. The van der Waals surface area contributed by atoms with Crippen molar-refractivity contribution in [2.24, 2.45) is 0 Å². The van der Waals surface area contributed by atoms with Gasteiger partial charge in [0.25, 0.3) is 5.91 Å². The summed E-state index contributed by atoms with van der Waals surface area (Å²) in [5, 5.41) is 16.9. The SMILES string of the molecule is CCC(NC(=O)c1cncc2c1cnn2-c1ccc(F)cc1)c1cc(C(=O)O)c[nH]1. The van der Waals surface area contributed by atoms with Crippen molar-refractivity contribution in [3.8, 4) is 5.69 Å². The molecule has 0 aliphatic carbocycles. The molecule has 0 saturated heterocycles. The molecular weight excluding hydrogens is 389 g/mol. The van der Waals surface area contributed by atoms with Crippen LogP contribution in [0.3, 0.4) is 0 Å². The molecule has 1 amide bonds. The number of hydrogen-bond acceptors (Lipinski definition) is 4. The van der Waals surface area contributed by atoms with Gasteiger partial charge < -0.3 is 15.4 Å². The molecule has 0 saturated carbocycles. The normalized spacial score (nSPS) is 12.1. The summed E-state index contributed by atoms with van der Waals surface area (Å²) in [6.45, 7) is 1.89. The highest BCUT2D eigenvalue weighted by atomic mass is 19.1. The zero-order valence-corrected chi connectivity index (χ0v) is 16.0. The molecule has 0 aliphatic heterocycles. The molecular formula is C21H18FN5O3. The molecule has 0 fully saturated rings. The van der Waals surface area contributed by atoms with Crippen LogP contribution in [0.4, 0.5) is 4.39 Å². The Bertz CT molecular complexity index is 1230. The first kappa shape index (κ1) is 19.3. The summed E-state index contributed by atoms with van der Waals surface area (Å²) in [4.78, 5) is 31.1. The molecule has 0 spiro atoms. The highest BCUT2D eigenvalue weighted by Gasteiger charge is 2.20. The summed E-state index contributed by atoms with van der Waals surface area (Å²) in [6, 6.07) is 6.95. The lowest BCUT2D eigenvalue weighted by atomic mass is 10.1. The number of carbonyl (C=O) groups is 2. The monoisotopic (exact) mass is 407 g/mol. The van der Waals surface area contributed by atoms with Crippen molar-refractivity contribution in [1.82, 2.24) is 25.1 Å². The maximum atomic E-state index is 13.2. The summed E-state index contributed by atoms with van der Waals surface area (Å²) in [6.07, 6.45) is 6.56. The van der Waals surface area contributed by atoms with Crippen molar-refractivity contribution in [2.75, 3.05) is 0 Å². The number of carbonyl (C=O) groups excluding carboxylic acids is 1. The Morgan fingerprint density at radius 2 is 2.00 bits per heavy atom. The number of pyridine rings is 1. The molecule has 1 aromatic carbocycles. The smallest absolute Gasteiger partial charge is 0.337 e.